The van der Waals surface area contributed by atoms with Gasteiger partial charge in [0.25, 0.3) is 0 Å². The number of carbonyl (C=O) groups is 1. The fraction of sp³-hybridized carbons (Fsp3) is 0.923. The molecule has 4 heteroatoms. The molecule has 102 valence electrons. The summed E-state index contributed by atoms with van der Waals surface area (Å²) in [5.74, 6) is 0.220. The third-order valence-corrected chi connectivity index (χ3v) is 3.69. The lowest BCUT2D eigenvalue weighted by atomic mass is 9.66. The van der Waals surface area contributed by atoms with Gasteiger partial charge in [-0.25, -0.2) is 0 Å². The Morgan fingerprint density at radius 1 is 1.35 bits per heavy atom. The molecular weight excluding hydrogens is 236 g/mol. The lowest BCUT2D eigenvalue weighted by Crippen LogP contribution is -2.42. The van der Waals surface area contributed by atoms with E-state index in [1.807, 2.05) is 7.05 Å². The maximum absolute atomic E-state index is 11.6. The van der Waals surface area contributed by atoms with Gasteiger partial charge in [0.1, 0.15) is 0 Å². The van der Waals surface area contributed by atoms with Gasteiger partial charge in [0.2, 0.25) is 5.91 Å². The van der Waals surface area contributed by atoms with Crippen molar-refractivity contribution >= 4 is 18.3 Å². The van der Waals surface area contributed by atoms with Gasteiger partial charge in [-0.05, 0) is 44.7 Å². The van der Waals surface area contributed by atoms with Gasteiger partial charge in [-0.15, -0.1) is 12.4 Å². The fourth-order valence-electron chi connectivity index (χ4n) is 2.52. The van der Waals surface area contributed by atoms with Crippen LogP contribution in [0.4, 0.5) is 0 Å². The molecule has 0 heterocycles. The van der Waals surface area contributed by atoms with Gasteiger partial charge in [-0.1, -0.05) is 19.8 Å². The highest BCUT2D eigenvalue weighted by Gasteiger charge is 2.35. The molecule has 1 amide bonds. The molecule has 0 aromatic heterocycles. The first-order valence-electron chi connectivity index (χ1n) is 6.64. The predicted molar refractivity (Wildman–Crippen MR) is 74.6 cm³/mol. The third-order valence-electron chi connectivity index (χ3n) is 3.69. The highest BCUT2D eigenvalue weighted by Crippen LogP contribution is 2.44. The largest absolute Gasteiger partial charge is 0.356 e. The van der Waals surface area contributed by atoms with E-state index in [4.69, 9.17) is 0 Å². The minimum atomic E-state index is 0. The minimum Gasteiger partial charge on any atom is -0.356 e. The summed E-state index contributed by atoms with van der Waals surface area (Å²) in [6.07, 6.45) is 8.04. The van der Waals surface area contributed by atoms with Crippen molar-refractivity contribution in [2.45, 2.75) is 51.9 Å². The van der Waals surface area contributed by atoms with E-state index in [1.54, 1.807) is 0 Å². The molecule has 1 saturated carbocycles. The second kappa shape index (κ2) is 8.76. The number of nitrogens with one attached hydrogen (secondary N) is 2. The monoisotopic (exact) mass is 262 g/mol. The molecule has 0 saturated heterocycles. The normalized spacial score (nSPS) is 16.8. The summed E-state index contributed by atoms with van der Waals surface area (Å²) in [6, 6.07) is 0. The zero-order valence-corrected chi connectivity index (χ0v) is 12.0. The second-order valence-electron chi connectivity index (χ2n) is 5.09. The van der Waals surface area contributed by atoms with Crippen LogP contribution in [0.5, 0.6) is 0 Å². The maximum Gasteiger partial charge on any atom is 0.220 e. The summed E-state index contributed by atoms with van der Waals surface area (Å²) in [5.41, 5.74) is 0.452. The molecule has 0 bridgehead atoms. The average Bonchev–Trinajstić information content (AvgIpc) is 2.22. The summed E-state index contributed by atoms with van der Waals surface area (Å²) >= 11 is 0. The number of carbonyl (C=O) groups excluding carboxylic acids is 1. The zero-order valence-electron chi connectivity index (χ0n) is 11.2. The van der Waals surface area contributed by atoms with E-state index in [0.717, 1.165) is 19.5 Å². The molecule has 1 rings (SSSR count). The lowest BCUT2D eigenvalue weighted by Gasteiger charge is -2.42. The Hall–Kier alpha value is -0.280. The molecule has 0 unspecified atom stereocenters. The molecule has 0 radical (unpaired) electrons. The van der Waals surface area contributed by atoms with Crippen molar-refractivity contribution in [3.05, 3.63) is 0 Å². The van der Waals surface area contributed by atoms with Crippen LogP contribution in [-0.4, -0.2) is 26.0 Å². The molecule has 0 aliphatic heterocycles. The van der Waals surface area contributed by atoms with Crippen LogP contribution in [0.2, 0.25) is 0 Å². The predicted octanol–water partition coefficient (Wildman–Crippen LogP) is 2.49. The Morgan fingerprint density at radius 3 is 2.53 bits per heavy atom. The zero-order chi connectivity index (χ0) is 11.9. The Kier molecular flexibility index (Phi) is 8.61. The quantitative estimate of drug-likeness (QED) is 0.660. The van der Waals surface area contributed by atoms with E-state index in [0.29, 0.717) is 11.8 Å². The molecular formula is C13H27ClN2O. The van der Waals surface area contributed by atoms with Crippen LogP contribution in [0.25, 0.3) is 0 Å². The smallest absolute Gasteiger partial charge is 0.220 e. The van der Waals surface area contributed by atoms with Gasteiger partial charge in [0, 0.05) is 13.0 Å². The topological polar surface area (TPSA) is 41.1 Å². The first-order valence-corrected chi connectivity index (χ1v) is 6.64. The van der Waals surface area contributed by atoms with Crippen LogP contribution in [-0.2, 0) is 4.79 Å². The van der Waals surface area contributed by atoms with Crippen LogP contribution in [0.3, 0.4) is 0 Å². The summed E-state index contributed by atoms with van der Waals surface area (Å²) in [4.78, 5) is 11.6. The van der Waals surface area contributed by atoms with Crippen LogP contribution < -0.4 is 10.6 Å². The number of amides is 1. The Labute approximate surface area is 112 Å². The molecule has 1 aliphatic carbocycles. The molecule has 0 aromatic rings. The summed E-state index contributed by atoms with van der Waals surface area (Å²) in [5, 5.41) is 6.16. The first-order chi connectivity index (χ1) is 7.72. The summed E-state index contributed by atoms with van der Waals surface area (Å²) in [6.45, 7) is 4.06. The highest BCUT2D eigenvalue weighted by molar-refractivity contribution is 5.85. The number of hydrogen-bond acceptors (Lipinski definition) is 2. The van der Waals surface area contributed by atoms with Gasteiger partial charge in [0.15, 0.2) is 0 Å². The standard InChI is InChI=1S/C13H26N2O.ClH/c1-3-7-13(8-5-9-13)11-15-12(16)6-4-10-14-2;/h14H,3-11H2,1-2H3,(H,15,16);1H. The molecule has 2 N–H and O–H groups in total. The van der Waals surface area contributed by atoms with E-state index in [1.165, 1.54) is 32.1 Å². The van der Waals surface area contributed by atoms with Crippen molar-refractivity contribution in [2.24, 2.45) is 5.41 Å². The van der Waals surface area contributed by atoms with Crippen molar-refractivity contribution in [1.29, 1.82) is 0 Å². The van der Waals surface area contributed by atoms with Crippen LogP contribution in [0, 0.1) is 5.41 Å². The first kappa shape index (κ1) is 16.7. The van der Waals surface area contributed by atoms with Crippen molar-refractivity contribution in [2.75, 3.05) is 20.1 Å². The van der Waals surface area contributed by atoms with Crippen LogP contribution in [0.1, 0.15) is 51.9 Å². The average molecular weight is 263 g/mol. The molecule has 0 spiro atoms. The summed E-state index contributed by atoms with van der Waals surface area (Å²) < 4.78 is 0. The lowest BCUT2D eigenvalue weighted by molar-refractivity contribution is -0.122. The molecule has 1 fully saturated rings. The Morgan fingerprint density at radius 2 is 2.06 bits per heavy atom. The number of rotatable bonds is 8. The maximum atomic E-state index is 11.6. The molecule has 1 aliphatic rings. The van der Waals surface area contributed by atoms with E-state index < -0.39 is 0 Å². The van der Waals surface area contributed by atoms with Gasteiger partial charge in [-0.3, -0.25) is 4.79 Å². The van der Waals surface area contributed by atoms with Gasteiger partial charge < -0.3 is 10.6 Å². The van der Waals surface area contributed by atoms with Crippen molar-refractivity contribution in [3.63, 3.8) is 0 Å². The number of halogens is 1. The van der Waals surface area contributed by atoms with Crippen molar-refractivity contribution in [1.82, 2.24) is 10.6 Å². The van der Waals surface area contributed by atoms with Crippen molar-refractivity contribution in [3.8, 4) is 0 Å². The molecule has 3 nitrogen and oxygen atoms in total. The molecule has 0 atom stereocenters. The van der Waals surface area contributed by atoms with Crippen molar-refractivity contribution < 1.29 is 4.79 Å². The van der Waals surface area contributed by atoms with Gasteiger partial charge >= 0.3 is 0 Å². The Balaban J connectivity index is 0.00000256. The minimum absolute atomic E-state index is 0. The van der Waals surface area contributed by atoms with E-state index >= 15 is 0 Å². The van der Waals surface area contributed by atoms with Gasteiger partial charge in [-0.2, -0.15) is 0 Å². The highest BCUT2D eigenvalue weighted by atomic mass is 35.5. The fourth-order valence-corrected chi connectivity index (χ4v) is 2.52. The number of hydrogen-bond donors (Lipinski definition) is 2. The van der Waals surface area contributed by atoms with Crippen LogP contribution in [0.15, 0.2) is 0 Å². The molecule has 17 heavy (non-hydrogen) atoms. The van der Waals surface area contributed by atoms with E-state index in [2.05, 4.69) is 17.6 Å². The Bertz CT molecular complexity index is 217. The second-order valence-corrected chi connectivity index (χ2v) is 5.09. The van der Waals surface area contributed by atoms with E-state index in [9.17, 15) is 4.79 Å². The SMILES string of the molecule is CCCC1(CNC(=O)CCCNC)CCC1.Cl. The van der Waals surface area contributed by atoms with E-state index in [-0.39, 0.29) is 18.3 Å². The van der Waals surface area contributed by atoms with Crippen LogP contribution >= 0.6 is 12.4 Å². The summed E-state index contributed by atoms with van der Waals surface area (Å²) in [7, 11) is 1.92. The third kappa shape index (κ3) is 5.73. The van der Waals surface area contributed by atoms with Gasteiger partial charge in [0.05, 0.1) is 0 Å². The molecule has 0 aromatic carbocycles.